The first-order valence-electron chi connectivity index (χ1n) is 41.0. The third kappa shape index (κ3) is 87.7. The molecule has 0 amide bonds. The Morgan fingerprint density at radius 3 is 0.512 bits per heavy atom. The molecule has 0 aromatic heterocycles. The minimum atomic E-state index is 0. The zero-order chi connectivity index (χ0) is 87.5. The van der Waals surface area contributed by atoms with Crippen LogP contribution in [0.3, 0.4) is 0 Å². The number of rotatable bonds is 9. The summed E-state index contributed by atoms with van der Waals surface area (Å²) in [6.07, 6.45) is 14.9. The number of hydrogen-bond acceptors (Lipinski definition) is 0. The molecule has 0 fully saturated rings. The van der Waals surface area contributed by atoms with Crippen LogP contribution < -0.4 is 0 Å². The molecule has 0 N–H and O–H groups in total. The third-order valence-corrected chi connectivity index (χ3v) is 12.6. The molecule has 14 rings (SSSR count). The van der Waals surface area contributed by atoms with Gasteiger partial charge in [0.25, 0.3) is 0 Å². The standard InChI is InChI=1S/C19H16.C15H12.2C12H8.6C6H6.C4H4.9C2H6.5Y/c1-15-12-18(16-8-4-2-5-9-16)14-19(13-15)17-10-6-3-7-11-17;1-4-6-8-14-10-13(3)11-15(12-14)9-7-5-2;2*1-3-7-11(8-4-1)12-9-5-2-6-10-12;6*1-2-4-6-5-3-1;1-3-4-2;9*1-2;;;;;/h2-14H,1H3;1-2,4-7,10-12H,3H3;2*1-7,9H;6*1-6H;1-4H;9*1-2H3;;;;;/q;-4;2*-2;;;;;;;-2;;;;;;;;;;;;;;. The molecule has 0 aliphatic rings. The predicted octanol–water partition coefficient (Wildman–Crippen LogP) is 34.9. The molecule has 0 saturated heterocycles. The SMILES string of the molecule is CC.CC.CC.CC.CC.CC.CC.CC.CC.Cc1cc(-c2ccccc2)cc(-c2ccccc2)c1.[CH-]=CC=[C-]c1cc(C)cc([C-]=CC=[CH-])c1.[CH-]=CC=[CH-].[Y].[Y].[Y].[Y].[Y].[c-]1ccccc1-c1[c-]cccc1.[c-]1ccccc1-c1[c-]cccc1.c1ccccc1.c1ccccc1.c1ccccc1.c1ccccc1.c1ccccc1.c1ccccc1. The fourth-order valence-electron chi connectivity index (χ4n) is 8.17. The summed E-state index contributed by atoms with van der Waals surface area (Å²) in [7, 11) is 0. The van der Waals surface area contributed by atoms with Crippen molar-refractivity contribution in [1.82, 2.24) is 0 Å². The van der Waals surface area contributed by atoms with E-state index in [0.717, 1.165) is 38.9 Å². The van der Waals surface area contributed by atoms with E-state index >= 15 is 0 Å². The van der Waals surface area contributed by atoms with Gasteiger partial charge in [-0.3, -0.25) is 12.2 Å². The maximum Gasteiger partial charge on any atom is 0 e. The summed E-state index contributed by atoms with van der Waals surface area (Å²) in [5.41, 5.74) is 13.9. The topological polar surface area (TPSA) is 0 Å². The molecular weight excluding hydrogens is 1840 g/mol. The zero-order valence-corrected chi connectivity index (χ0v) is 91.1. The van der Waals surface area contributed by atoms with E-state index in [1.165, 1.54) is 52.1 Å². The summed E-state index contributed by atoms with van der Waals surface area (Å²) in [5.74, 6) is 0. The van der Waals surface area contributed by atoms with Crippen molar-refractivity contribution in [3.05, 3.63) is 534 Å². The molecule has 5 heteroatoms. The van der Waals surface area contributed by atoms with Crippen LogP contribution in [-0.2, 0) is 164 Å². The van der Waals surface area contributed by atoms with E-state index in [-0.39, 0.29) is 164 Å². The van der Waals surface area contributed by atoms with Gasteiger partial charge in [-0.15, -0.1) is 48.0 Å². The van der Waals surface area contributed by atoms with Gasteiger partial charge in [0.1, 0.15) is 0 Å². The molecule has 14 aromatic rings. The molecule has 0 aliphatic carbocycles. The van der Waals surface area contributed by atoms with Gasteiger partial charge in [-0.2, -0.15) is 108 Å². The molecule has 0 nitrogen and oxygen atoms in total. The summed E-state index contributed by atoms with van der Waals surface area (Å²) in [4.78, 5) is 0. The van der Waals surface area contributed by atoms with Gasteiger partial charge in [0.2, 0.25) is 0 Å². The van der Waals surface area contributed by atoms with E-state index in [1.54, 1.807) is 12.2 Å². The van der Waals surface area contributed by atoms with Crippen molar-refractivity contribution in [1.29, 1.82) is 0 Å². The molecule has 0 heterocycles. The smallest absolute Gasteiger partial charge is 0 e. The van der Waals surface area contributed by atoms with E-state index in [0.29, 0.717) is 0 Å². The van der Waals surface area contributed by atoms with Crippen molar-refractivity contribution < 1.29 is 164 Å². The molecule has 0 saturated carbocycles. The number of allylic oxidation sites excluding steroid dienone is 6. The second-order valence-corrected chi connectivity index (χ2v) is 20.3. The second-order valence-electron chi connectivity index (χ2n) is 20.3. The molecule has 14 aromatic carbocycles. The Morgan fingerprint density at radius 2 is 0.355 bits per heavy atom. The van der Waals surface area contributed by atoms with Crippen LogP contribution in [0.5, 0.6) is 0 Å². The van der Waals surface area contributed by atoms with Crippen LogP contribution in [0.25, 0.3) is 44.5 Å². The van der Waals surface area contributed by atoms with Gasteiger partial charge in [0.15, 0.2) is 0 Å². The Labute approximate surface area is 869 Å². The Bertz CT molecular complexity index is 3520. The normalized spacial score (nSPS) is 7.90. The van der Waals surface area contributed by atoms with Gasteiger partial charge in [0.05, 0.1) is 0 Å². The average molecular weight is 1980 g/mol. The maximum absolute atomic E-state index is 5.25. The Kier molecular flexibility index (Phi) is 135. The maximum atomic E-state index is 5.25. The largest absolute Gasteiger partial charge is 0.394 e. The Hall–Kier alpha value is -6.96. The van der Waals surface area contributed by atoms with E-state index < -0.39 is 0 Å². The van der Waals surface area contributed by atoms with Crippen molar-refractivity contribution in [2.75, 3.05) is 0 Å². The molecular formula is C116H138Y5-10. The van der Waals surface area contributed by atoms with Gasteiger partial charge in [0, 0.05) is 164 Å². The number of aryl methyl sites for hydroxylation is 2. The van der Waals surface area contributed by atoms with E-state index in [2.05, 4.69) is 122 Å². The minimum absolute atomic E-state index is 0. The first-order chi connectivity index (χ1) is 57.4. The van der Waals surface area contributed by atoms with Crippen LogP contribution in [0.1, 0.15) is 147 Å². The molecule has 0 bridgehead atoms. The molecule has 0 spiro atoms. The second kappa shape index (κ2) is 119. The summed E-state index contributed by atoms with van der Waals surface area (Å²) < 4.78 is 0. The van der Waals surface area contributed by atoms with Gasteiger partial charge >= 0.3 is 0 Å². The van der Waals surface area contributed by atoms with E-state index in [4.69, 9.17) is 26.3 Å². The summed E-state index contributed by atoms with van der Waals surface area (Å²) in [6.45, 7) is 60.1. The Balaban J connectivity index is -0.000000122. The van der Waals surface area contributed by atoms with E-state index in [1.807, 2.05) is 465 Å². The van der Waals surface area contributed by atoms with Crippen LogP contribution in [0.15, 0.2) is 449 Å². The molecule has 0 atom stereocenters. The molecule has 5 radical (unpaired) electrons. The van der Waals surface area contributed by atoms with Crippen LogP contribution in [0.2, 0.25) is 0 Å². The quantitative estimate of drug-likeness (QED) is 0.0998. The van der Waals surface area contributed by atoms with E-state index in [9.17, 15) is 0 Å². The minimum Gasteiger partial charge on any atom is -0.394 e. The molecule has 627 valence electrons. The molecule has 0 aliphatic heterocycles. The fraction of sp³-hybridized carbons (Fsp3) is 0.172. The first kappa shape index (κ1) is 137. The third-order valence-electron chi connectivity index (χ3n) is 12.6. The van der Waals surface area contributed by atoms with Crippen LogP contribution in [-0.4, -0.2) is 0 Å². The fourth-order valence-corrected chi connectivity index (χ4v) is 8.17. The van der Waals surface area contributed by atoms with Crippen molar-refractivity contribution in [3.8, 4) is 44.5 Å². The van der Waals surface area contributed by atoms with Crippen LogP contribution in [0, 0.1) is 76.6 Å². The number of hydrogen-bond donors (Lipinski definition) is 0. The van der Waals surface area contributed by atoms with Crippen LogP contribution in [0.4, 0.5) is 0 Å². The Morgan fingerprint density at radius 1 is 0.190 bits per heavy atom. The average Bonchev–Trinajstić information content (AvgIpc) is 0.825. The van der Waals surface area contributed by atoms with Crippen molar-refractivity contribution in [2.45, 2.75) is 138 Å². The van der Waals surface area contributed by atoms with Gasteiger partial charge < -0.3 is 50.6 Å². The van der Waals surface area contributed by atoms with Crippen molar-refractivity contribution in [2.24, 2.45) is 0 Å². The van der Waals surface area contributed by atoms with Gasteiger partial charge in [-0.25, -0.2) is 34.4 Å². The van der Waals surface area contributed by atoms with Crippen molar-refractivity contribution >= 4 is 0 Å². The monoisotopic (exact) mass is 1980 g/mol. The van der Waals surface area contributed by atoms with Crippen LogP contribution >= 0.6 is 0 Å². The number of benzene rings is 14. The predicted molar refractivity (Wildman–Crippen MR) is 522 cm³/mol. The van der Waals surface area contributed by atoms with Gasteiger partial charge in [-0.05, 0) is 40.8 Å². The summed E-state index contributed by atoms with van der Waals surface area (Å²) in [6, 6.07) is 150. The van der Waals surface area contributed by atoms with Gasteiger partial charge in [-0.1, -0.05) is 423 Å². The summed E-state index contributed by atoms with van der Waals surface area (Å²) in [5, 5.41) is 0. The molecule has 0 unspecified atom stereocenters. The molecule has 121 heavy (non-hydrogen) atoms. The van der Waals surface area contributed by atoms with Crippen molar-refractivity contribution in [3.63, 3.8) is 0 Å². The first-order valence-corrected chi connectivity index (χ1v) is 41.0. The zero-order valence-electron chi connectivity index (χ0n) is 76.9. The summed E-state index contributed by atoms with van der Waals surface area (Å²) >= 11 is 0.